The van der Waals surface area contributed by atoms with E-state index in [1.54, 1.807) is 31.1 Å². The zero-order valence-electron chi connectivity index (χ0n) is 15.8. The second-order valence-electron chi connectivity index (χ2n) is 6.62. The highest BCUT2D eigenvalue weighted by Gasteiger charge is 2.24. The maximum Gasteiger partial charge on any atom is 0.254 e. The SMILES string of the molecule is COc1cc(C(=O)N2CCN(CC(=O)Nc3cc(C)on3)CC2)ccc1C. The number of rotatable bonds is 5. The maximum absolute atomic E-state index is 12.7. The zero-order chi connectivity index (χ0) is 19.4. The van der Waals surface area contributed by atoms with Gasteiger partial charge in [-0.25, -0.2) is 0 Å². The van der Waals surface area contributed by atoms with Gasteiger partial charge < -0.3 is 19.5 Å². The summed E-state index contributed by atoms with van der Waals surface area (Å²) < 4.78 is 10.2. The normalized spacial score (nSPS) is 14.9. The summed E-state index contributed by atoms with van der Waals surface area (Å²) >= 11 is 0. The summed E-state index contributed by atoms with van der Waals surface area (Å²) in [7, 11) is 1.60. The average molecular weight is 372 g/mol. The molecule has 0 aliphatic carbocycles. The molecule has 1 aliphatic heterocycles. The van der Waals surface area contributed by atoms with Crippen LogP contribution in [0.3, 0.4) is 0 Å². The number of piperazine rings is 1. The van der Waals surface area contributed by atoms with E-state index in [1.807, 2.05) is 24.0 Å². The van der Waals surface area contributed by atoms with Gasteiger partial charge in [0.25, 0.3) is 5.91 Å². The van der Waals surface area contributed by atoms with Crippen molar-refractivity contribution in [3.63, 3.8) is 0 Å². The van der Waals surface area contributed by atoms with Crippen molar-refractivity contribution in [3.05, 3.63) is 41.2 Å². The average Bonchev–Trinajstić information content (AvgIpc) is 3.06. The standard InChI is InChI=1S/C19H24N4O4/c1-13-4-5-15(11-16(13)26-3)19(25)23-8-6-22(7-9-23)12-18(24)20-17-10-14(2)27-21-17/h4-5,10-11H,6-9,12H2,1-3H3,(H,20,21,24). The Hall–Kier alpha value is -2.87. The number of nitrogens with zero attached hydrogens (tertiary/aromatic N) is 3. The van der Waals surface area contributed by atoms with Crippen LogP contribution in [0.1, 0.15) is 21.7 Å². The lowest BCUT2D eigenvalue weighted by atomic mass is 10.1. The van der Waals surface area contributed by atoms with Crippen LogP contribution in [0, 0.1) is 13.8 Å². The number of methoxy groups -OCH3 is 1. The zero-order valence-corrected chi connectivity index (χ0v) is 15.8. The number of aryl methyl sites for hydroxylation is 2. The molecule has 3 rings (SSSR count). The number of carbonyl (C=O) groups excluding carboxylic acids is 2. The molecule has 1 aliphatic rings. The molecule has 1 aromatic heterocycles. The minimum absolute atomic E-state index is 0.0181. The van der Waals surface area contributed by atoms with Crippen LogP contribution in [0.5, 0.6) is 5.75 Å². The lowest BCUT2D eigenvalue weighted by Crippen LogP contribution is -2.50. The topological polar surface area (TPSA) is 87.9 Å². The molecule has 2 heterocycles. The van der Waals surface area contributed by atoms with Gasteiger partial charge in [0.05, 0.1) is 13.7 Å². The van der Waals surface area contributed by atoms with Crippen LogP contribution in [0.25, 0.3) is 0 Å². The number of hydrogen-bond acceptors (Lipinski definition) is 6. The summed E-state index contributed by atoms with van der Waals surface area (Å²) in [6.45, 7) is 6.39. The van der Waals surface area contributed by atoms with E-state index in [1.165, 1.54) is 0 Å². The van der Waals surface area contributed by atoms with E-state index in [0.29, 0.717) is 49.1 Å². The van der Waals surface area contributed by atoms with Crippen molar-refractivity contribution in [2.24, 2.45) is 0 Å². The molecule has 0 bridgehead atoms. The molecule has 0 atom stereocenters. The molecular formula is C19H24N4O4. The van der Waals surface area contributed by atoms with Crippen LogP contribution in [-0.2, 0) is 4.79 Å². The van der Waals surface area contributed by atoms with E-state index in [2.05, 4.69) is 10.5 Å². The monoisotopic (exact) mass is 372 g/mol. The van der Waals surface area contributed by atoms with Crippen LogP contribution in [0.2, 0.25) is 0 Å². The second kappa shape index (κ2) is 8.22. The minimum Gasteiger partial charge on any atom is -0.496 e. The largest absolute Gasteiger partial charge is 0.496 e. The third kappa shape index (κ3) is 4.65. The highest BCUT2D eigenvalue weighted by atomic mass is 16.5. The molecule has 1 saturated heterocycles. The summed E-state index contributed by atoms with van der Waals surface area (Å²) in [4.78, 5) is 28.6. The molecule has 0 spiro atoms. The Morgan fingerprint density at radius 2 is 1.93 bits per heavy atom. The van der Waals surface area contributed by atoms with Crippen molar-refractivity contribution in [2.45, 2.75) is 13.8 Å². The molecule has 0 unspecified atom stereocenters. The van der Waals surface area contributed by atoms with Crippen LogP contribution in [-0.4, -0.2) is 66.6 Å². The van der Waals surface area contributed by atoms with Gasteiger partial charge in [-0.3, -0.25) is 14.5 Å². The third-order valence-electron chi connectivity index (χ3n) is 4.58. The fourth-order valence-corrected chi connectivity index (χ4v) is 3.06. The van der Waals surface area contributed by atoms with E-state index in [9.17, 15) is 9.59 Å². The number of ether oxygens (including phenoxy) is 1. The van der Waals surface area contributed by atoms with Gasteiger partial charge in [0.15, 0.2) is 5.82 Å². The molecule has 144 valence electrons. The first-order valence-corrected chi connectivity index (χ1v) is 8.85. The van der Waals surface area contributed by atoms with E-state index in [4.69, 9.17) is 9.26 Å². The molecule has 27 heavy (non-hydrogen) atoms. The quantitative estimate of drug-likeness (QED) is 0.859. The first-order chi connectivity index (χ1) is 13.0. The van der Waals surface area contributed by atoms with Crippen LogP contribution < -0.4 is 10.1 Å². The highest BCUT2D eigenvalue weighted by Crippen LogP contribution is 2.20. The lowest BCUT2D eigenvalue weighted by Gasteiger charge is -2.34. The molecule has 8 heteroatoms. The molecule has 0 radical (unpaired) electrons. The third-order valence-corrected chi connectivity index (χ3v) is 4.58. The number of nitrogens with one attached hydrogen (secondary N) is 1. The minimum atomic E-state index is -0.147. The summed E-state index contributed by atoms with van der Waals surface area (Å²) in [6, 6.07) is 7.15. The molecule has 1 fully saturated rings. The molecule has 2 aromatic rings. The van der Waals surface area contributed by atoms with Gasteiger partial charge in [-0.15, -0.1) is 0 Å². The Bertz CT molecular complexity index is 825. The van der Waals surface area contributed by atoms with Gasteiger partial charge in [-0.05, 0) is 31.5 Å². The maximum atomic E-state index is 12.7. The van der Waals surface area contributed by atoms with E-state index >= 15 is 0 Å². The van der Waals surface area contributed by atoms with Crippen molar-refractivity contribution >= 4 is 17.6 Å². The van der Waals surface area contributed by atoms with Crippen LogP contribution in [0.15, 0.2) is 28.8 Å². The van der Waals surface area contributed by atoms with Crippen molar-refractivity contribution < 1.29 is 18.8 Å². The van der Waals surface area contributed by atoms with Gasteiger partial charge in [0, 0.05) is 37.8 Å². The van der Waals surface area contributed by atoms with E-state index < -0.39 is 0 Å². The summed E-state index contributed by atoms with van der Waals surface area (Å²) in [5.41, 5.74) is 1.61. The fraction of sp³-hybridized carbons (Fsp3) is 0.421. The molecular weight excluding hydrogens is 348 g/mol. The van der Waals surface area contributed by atoms with Gasteiger partial charge in [-0.1, -0.05) is 11.2 Å². The lowest BCUT2D eigenvalue weighted by molar-refractivity contribution is -0.117. The Kier molecular flexibility index (Phi) is 5.75. The van der Waals surface area contributed by atoms with E-state index in [-0.39, 0.29) is 18.4 Å². The number of benzene rings is 1. The van der Waals surface area contributed by atoms with Crippen molar-refractivity contribution in [3.8, 4) is 5.75 Å². The number of anilines is 1. The van der Waals surface area contributed by atoms with Crippen LogP contribution >= 0.6 is 0 Å². The smallest absolute Gasteiger partial charge is 0.254 e. The summed E-state index contributed by atoms with van der Waals surface area (Å²) in [6.07, 6.45) is 0. The molecule has 0 saturated carbocycles. The van der Waals surface area contributed by atoms with Crippen molar-refractivity contribution in [1.82, 2.24) is 15.0 Å². The van der Waals surface area contributed by atoms with Gasteiger partial charge in [0.1, 0.15) is 11.5 Å². The number of hydrogen-bond donors (Lipinski definition) is 1. The number of carbonyl (C=O) groups is 2. The Labute approximate surface area is 158 Å². The Balaban J connectivity index is 1.51. The predicted molar refractivity (Wildman–Crippen MR) is 99.9 cm³/mol. The molecule has 2 amide bonds. The fourth-order valence-electron chi connectivity index (χ4n) is 3.06. The Morgan fingerprint density at radius 3 is 2.56 bits per heavy atom. The first kappa shape index (κ1) is 18.9. The summed E-state index contributed by atoms with van der Waals surface area (Å²) in [5.74, 6) is 1.60. The first-order valence-electron chi connectivity index (χ1n) is 8.85. The molecule has 1 N–H and O–H groups in total. The Morgan fingerprint density at radius 1 is 1.19 bits per heavy atom. The van der Waals surface area contributed by atoms with Gasteiger partial charge >= 0.3 is 0 Å². The molecule has 8 nitrogen and oxygen atoms in total. The van der Waals surface area contributed by atoms with Crippen molar-refractivity contribution in [2.75, 3.05) is 45.2 Å². The van der Waals surface area contributed by atoms with Crippen LogP contribution in [0.4, 0.5) is 5.82 Å². The molecule has 1 aromatic carbocycles. The summed E-state index contributed by atoms with van der Waals surface area (Å²) in [5, 5.41) is 6.46. The van der Waals surface area contributed by atoms with Gasteiger partial charge in [0.2, 0.25) is 5.91 Å². The van der Waals surface area contributed by atoms with Gasteiger partial charge in [-0.2, -0.15) is 0 Å². The number of aromatic nitrogens is 1. The second-order valence-corrected chi connectivity index (χ2v) is 6.62. The van der Waals surface area contributed by atoms with E-state index in [0.717, 1.165) is 5.56 Å². The van der Waals surface area contributed by atoms with Crippen molar-refractivity contribution in [1.29, 1.82) is 0 Å². The highest BCUT2D eigenvalue weighted by molar-refractivity contribution is 5.95. The predicted octanol–water partition coefficient (Wildman–Crippen LogP) is 1.70. The number of amides is 2.